The zero-order valence-corrected chi connectivity index (χ0v) is 19.1. The highest BCUT2D eigenvalue weighted by atomic mass is 32.2. The van der Waals surface area contributed by atoms with Gasteiger partial charge in [-0.15, -0.1) is 0 Å². The van der Waals surface area contributed by atoms with Crippen LogP contribution in [0.15, 0.2) is 53.4 Å². The second kappa shape index (κ2) is 10.6. The van der Waals surface area contributed by atoms with Gasteiger partial charge in [-0.3, -0.25) is 4.79 Å². The number of rotatable bonds is 8. The van der Waals surface area contributed by atoms with Crippen molar-refractivity contribution in [1.29, 1.82) is 0 Å². The molecule has 1 aliphatic heterocycles. The molecular formula is C23H28N2O6S. The van der Waals surface area contributed by atoms with Gasteiger partial charge in [0.2, 0.25) is 10.0 Å². The number of ether oxygens (including phenoxy) is 2. The predicted octanol–water partition coefficient (Wildman–Crippen LogP) is 2.73. The fourth-order valence-electron chi connectivity index (χ4n) is 3.62. The number of esters is 1. The molecule has 1 heterocycles. The number of hydrogen-bond acceptors (Lipinski definition) is 6. The second-order valence-electron chi connectivity index (χ2n) is 7.66. The lowest BCUT2D eigenvalue weighted by molar-refractivity contribution is -0.124. The molecule has 8 nitrogen and oxygen atoms in total. The molecule has 0 aromatic heterocycles. The third kappa shape index (κ3) is 5.66. The molecule has 0 spiro atoms. The van der Waals surface area contributed by atoms with E-state index >= 15 is 0 Å². The number of carbonyl (C=O) groups is 2. The van der Waals surface area contributed by atoms with E-state index in [9.17, 15) is 18.0 Å². The van der Waals surface area contributed by atoms with Gasteiger partial charge in [-0.2, -0.15) is 4.31 Å². The Morgan fingerprint density at radius 2 is 1.88 bits per heavy atom. The summed E-state index contributed by atoms with van der Waals surface area (Å²) in [5, 5.41) is 2.67. The largest absolute Gasteiger partial charge is 0.495 e. The molecule has 3 rings (SSSR count). The first-order chi connectivity index (χ1) is 15.3. The van der Waals surface area contributed by atoms with Crippen molar-refractivity contribution in [2.24, 2.45) is 0 Å². The predicted molar refractivity (Wildman–Crippen MR) is 119 cm³/mol. The number of methoxy groups -OCH3 is 1. The summed E-state index contributed by atoms with van der Waals surface area (Å²) >= 11 is 0. The van der Waals surface area contributed by atoms with E-state index in [1.807, 2.05) is 37.3 Å². The van der Waals surface area contributed by atoms with Gasteiger partial charge in [0.05, 0.1) is 12.7 Å². The molecule has 1 unspecified atom stereocenters. The first kappa shape index (κ1) is 23.7. The molecule has 0 aliphatic carbocycles. The Labute approximate surface area is 188 Å². The van der Waals surface area contributed by atoms with E-state index in [-0.39, 0.29) is 22.3 Å². The molecule has 2 aromatic carbocycles. The Morgan fingerprint density at radius 1 is 1.12 bits per heavy atom. The number of piperidine rings is 1. The highest BCUT2D eigenvalue weighted by molar-refractivity contribution is 7.89. The van der Waals surface area contributed by atoms with Gasteiger partial charge < -0.3 is 14.8 Å². The van der Waals surface area contributed by atoms with Gasteiger partial charge in [-0.1, -0.05) is 36.8 Å². The van der Waals surface area contributed by atoms with E-state index < -0.39 is 28.5 Å². The molecule has 172 valence electrons. The van der Waals surface area contributed by atoms with Crippen molar-refractivity contribution in [2.75, 3.05) is 20.3 Å². The lowest BCUT2D eigenvalue weighted by Gasteiger charge is -2.32. The normalized spacial score (nSPS) is 16.9. The average molecular weight is 461 g/mol. The van der Waals surface area contributed by atoms with Gasteiger partial charge in [0, 0.05) is 19.1 Å². The van der Waals surface area contributed by atoms with E-state index in [0.29, 0.717) is 13.1 Å². The molecule has 1 aliphatic rings. The SMILES string of the molecule is COc1ccc(C(=O)OCC(=O)NCc2ccccc2)cc1S(=O)(=O)N1CCCCC1C. The lowest BCUT2D eigenvalue weighted by atomic mass is 10.1. The number of amides is 1. The standard InChI is InChI=1S/C23H28N2O6S/c1-17-8-6-7-13-25(17)32(28,29)21-14-19(11-12-20(21)30-2)23(27)31-16-22(26)24-15-18-9-4-3-5-10-18/h3-5,9-12,14,17H,6-8,13,15-16H2,1-2H3,(H,24,26). The molecule has 1 amide bonds. The molecule has 9 heteroatoms. The van der Waals surface area contributed by atoms with Crippen LogP contribution in [0, 0.1) is 0 Å². The minimum Gasteiger partial charge on any atom is -0.495 e. The molecule has 32 heavy (non-hydrogen) atoms. The van der Waals surface area contributed by atoms with Crippen LogP contribution in [0.25, 0.3) is 0 Å². The molecule has 0 radical (unpaired) electrons. The minimum absolute atomic E-state index is 0.0323. The summed E-state index contributed by atoms with van der Waals surface area (Å²) in [6.07, 6.45) is 2.54. The summed E-state index contributed by atoms with van der Waals surface area (Å²) < 4.78 is 38.3. The van der Waals surface area contributed by atoms with Gasteiger partial charge in [0.25, 0.3) is 5.91 Å². The number of nitrogens with one attached hydrogen (secondary N) is 1. The van der Waals surface area contributed by atoms with Crippen LogP contribution in [0.2, 0.25) is 0 Å². The fraction of sp³-hybridized carbons (Fsp3) is 0.391. The maximum absolute atomic E-state index is 13.3. The molecule has 1 atom stereocenters. The van der Waals surface area contributed by atoms with E-state index in [4.69, 9.17) is 9.47 Å². The molecule has 0 bridgehead atoms. The summed E-state index contributed by atoms with van der Waals surface area (Å²) in [5.41, 5.74) is 0.953. The van der Waals surface area contributed by atoms with Crippen molar-refractivity contribution in [2.45, 2.75) is 43.7 Å². The highest BCUT2D eigenvalue weighted by Crippen LogP contribution is 2.31. The van der Waals surface area contributed by atoms with E-state index in [1.54, 1.807) is 0 Å². The molecule has 1 saturated heterocycles. The van der Waals surface area contributed by atoms with Crippen LogP contribution >= 0.6 is 0 Å². The summed E-state index contributed by atoms with van der Waals surface area (Å²) in [6, 6.07) is 13.3. The average Bonchev–Trinajstić information content (AvgIpc) is 2.81. The summed E-state index contributed by atoms with van der Waals surface area (Å²) in [7, 11) is -2.48. The van der Waals surface area contributed by atoms with E-state index in [0.717, 1.165) is 24.8 Å². The Balaban J connectivity index is 1.68. The van der Waals surface area contributed by atoms with Crippen molar-refractivity contribution < 1.29 is 27.5 Å². The third-order valence-electron chi connectivity index (χ3n) is 5.39. The second-order valence-corrected chi connectivity index (χ2v) is 9.52. The van der Waals surface area contributed by atoms with Crippen LogP contribution in [0.4, 0.5) is 0 Å². The maximum Gasteiger partial charge on any atom is 0.338 e. The van der Waals surface area contributed by atoms with Crippen molar-refractivity contribution in [3.8, 4) is 5.75 Å². The van der Waals surface area contributed by atoms with Gasteiger partial charge in [0.15, 0.2) is 6.61 Å². The van der Waals surface area contributed by atoms with Crippen molar-refractivity contribution in [3.63, 3.8) is 0 Å². The van der Waals surface area contributed by atoms with Gasteiger partial charge in [0.1, 0.15) is 10.6 Å². The van der Waals surface area contributed by atoms with Gasteiger partial charge in [-0.05, 0) is 43.5 Å². The first-order valence-electron chi connectivity index (χ1n) is 10.5. The Bertz CT molecular complexity index is 1060. The number of sulfonamides is 1. The van der Waals surface area contributed by atoms with E-state index in [2.05, 4.69) is 5.32 Å². The van der Waals surface area contributed by atoms with Crippen LogP contribution < -0.4 is 10.1 Å². The van der Waals surface area contributed by atoms with Crippen LogP contribution in [0.3, 0.4) is 0 Å². The topological polar surface area (TPSA) is 102 Å². The third-order valence-corrected chi connectivity index (χ3v) is 7.43. The number of carbonyl (C=O) groups excluding carboxylic acids is 2. The van der Waals surface area contributed by atoms with Gasteiger partial charge in [-0.25, -0.2) is 13.2 Å². The molecule has 1 fully saturated rings. The summed E-state index contributed by atoms with van der Waals surface area (Å²) in [4.78, 5) is 24.4. The Morgan fingerprint density at radius 3 is 2.56 bits per heavy atom. The zero-order valence-electron chi connectivity index (χ0n) is 18.2. The smallest absolute Gasteiger partial charge is 0.338 e. The Kier molecular flexibility index (Phi) is 7.87. The maximum atomic E-state index is 13.3. The van der Waals surface area contributed by atoms with Gasteiger partial charge >= 0.3 is 5.97 Å². The van der Waals surface area contributed by atoms with Crippen molar-refractivity contribution in [1.82, 2.24) is 9.62 Å². The van der Waals surface area contributed by atoms with Crippen molar-refractivity contribution >= 4 is 21.9 Å². The Hall–Kier alpha value is -2.91. The quantitative estimate of drug-likeness (QED) is 0.608. The number of hydrogen-bond donors (Lipinski definition) is 1. The molecule has 0 saturated carbocycles. The molecular weight excluding hydrogens is 432 g/mol. The van der Waals surface area contributed by atoms with Crippen molar-refractivity contribution in [3.05, 3.63) is 59.7 Å². The van der Waals surface area contributed by atoms with Crippen LogP contribution in [0.5, 0.6) is 5.75 Å². The van der Waals surface area contributed by atoms with E-state index in [1.165, 1.54) is 29.6 Å². The first-order valence-corrected chi connectivity index (χ1v) is 11.9. The van der Waals surface area contributed by atoms with Crippen LogP contribution in [-0.4, -0.2) is 50.9 Å². The molecule has 1 N–H and O–H groups in total. The minimum atomic E-state index is -3.86. The zero-order chi connectivity index (χ0) is 23.1. The summed E-state index contributed by atoms with van der Waals surface area (Å²) in [5.74, 6) is -1.09. The lowest BCUT2D eigenvalue weighted by Crippen LogP contribution is -2.42. The van der Waals surface area contributed by atoms with Crippen LogP contribution in [0.1, 0.15) is 42.1 Å². The van der Waals surface area contributed by atoms with Crippen LogP contribution in [-0.2, 0) is 26.1 Å². The summed E-state index contributed by atoms with van der Waals surface area (Å²) in [6.45, 7) is 2.14. The highest BCUT2D eigenvalue weighted by Gasteiger charge is 2.33. The monoisotopic (exact) mass is 460 g/mol. The fourth-order valence-corrected chi connectivity index (χ4v) is 5.51. The number of nitrogens with zero attached hydrogens (tertiary/aromatic N) is 1. The molecule has 2 aromatic rings. The number of benzene rings is 2.